The zero-order valence-corrected chi connectivity index (χ0v) is 13.3. The summed E-state index contributed by atoms with van der Waals surface area (Å²) in [6.07, 6.45) is 1.38. The number of halogens is 1. The van der Waals surface area contributed by atoms with E-state index >= 15 is 0 Å². The minimum Gasteiger partial charge on any atom is -0.490 e. The van der Waals surface area contributed by atoms with E-state index in [2.05, 4.69) is 15.9 Å². The standard InChI is InChI=1S/C15H21BrO4/c1-11-2-3-15(14(16)8-11)20-10-12(17)9-19-13-4-6-18-7-5-13/h2-3,8,12-13,17H,4-7,9-10H2,1H3/t12-/m1/s1. The third kappa shape index (κ3) is 5.05. The number of aliphatic hydroxyl groups excluding tert-OH is 1. The van der Waals surface area contributed by atoms with Crippen molar-refractivity contribution in [2.75, 3.05) is 26.4 Å². The van der Waals surface area contributed by atoms with E-state index in [1.807, 2.05) is 25.1 Å². The number of aryl methyl sites for hydroxylation is 1. The van der Waals surface area contributed by atoms with E-state index in [0.717, 1.165) is 41.8 Å². The highest BCUT2D eigenvalue weighted by molar-refractivity contribution is 9.10. The molecule has 0 amide bonds. The van der Waals surface area contributed by atoms with Gasteiger partial charge in [-0.25, -0.2) is 0 Å². The molecule has 1 atom stereocenters. The summed E-state index contributed by atoms with van der Waals surface area (Å²) in [5.41, 5.74) is 1.16. The van der Waals surface area contributed by atoms with E-state index in [9.17, 15) is 5.11 Å². The lowest BCUT2D eigenvalue weighted by molar-refractivity contribution is -0.0659. The van der Waals surface area contributed by atoms with Crippen molar-refractivity contribution in [3.05, 3.63) is 28.2 Å². The molecule has 0 unspecified atom stereocenters. The molecule has 0 spiro atoms. The fourth-order valence-electron chi connectivity index (χ4n) is 2.05. The summed E-state index contributed by atoms with van der Waals surface area (Å²) in [6.45, 7) is 4.03. The van der Waals surface area contributed by atoms with E-state index < -0.39 is 6.10 Å². The van der Waals surface area contributed by atoms with Gasteiger partial charge in [0, 0.05) is 13.2 Å². The van der Waals surface area contributed by atoms with Crippen LogP contribution in [0.2, 0.25) is 0 Å². The van der Waals surface area contributed by atoms with Gasteiger partial charge in [-0.2, -0.15) is 0 Å². The summed E-state index contributed by atoms with van der Waals surface area (Å²) in [7, 11) is 0. The van der Waals surface area contributed by atoms with Crippen molar-refractivity contribution in [3.63, 3.8) is 0 Å². The first-order chi connectivity index (χ1) is 9.65. The zero-order chi connectivity index (χ0) is 14.4. The lowest BCUT2D eigenvalue weighted by Crippen LogP contribution is -2.30. The predicted molar refractivity (Wildman–Crippen MR) is 80.2 cm³/mol. The molecule has 1 N–H and O–H groups in total. The smallest absolute Gasteiger partial charge is 0.133 e. The minimum absolute atomic E-state index is 0.199. The Bertz CT molecular complexity index is 418. The molecule has 1 aliphatic heterocycles. The Kier molecular flexibility index (Phi) is 6.29. The van der Waals surface area contributed by atoms with E-state index in [1.54, 1.807) is 0 Å². The van der Waals surface area contributed by atoms with Gasteiger partial charge >= 0.3 is 0 Å². The Morgan fingerprint density at radius 2 is 2.10 bits per heavy atom. The zero-order valence-electron chi connectivity index (χ0n) is 11.7. The molecule has 20 heavy (non-hydrogen) atoms. The van der Waals surface area contributed by atoms with Crippen LogP contribution in [0.5, 0.6) is 5.75 Å². The highest BCUT2D eigenvalue weighted by Crippen LogP contribution is 2.25. The third-order valence-corrected chi connectivity index (χ3v) is 3.83. The quantitative estimate of drug-likeness (QED) is 0.861. The van der Waals surface area contributed by atoms with Gasteiger partial charge in [-0.05, 0) is 53.4 Å². The molecular weight excluding hydrogens is 324 g/mol. The summed E-state index contributed by atoms with van der Waals surface area (Å²) in [5.74, 6) is 0.737. The van der Waals surface area contributed by atoms with Gasteiger partial charge in [0.05, 0.1) is 17.2 Å². The Hall–Kier alpha value is -0.620. The van der Waals surface area contributed by atoms with Crippen LogP contribution in [0.4, 0.5) is 0 Å². The molecule has 0 aliphatic carbocycles. The maximum atomic E-state index is 9.89. The molecule has 1 aromatic rings. The Morgan fingerprint density at radius 1 is 1.35 bits per heavy atom. The van der Waals surface area contributed by atoms with E-state index in [-0.39, 0.29) is 12.7 Å². The summed E-state index contributed by atoms with van der Waals surface area (Å²) in [5, 5.41) is 9.89. The van der Waals surface area contributed by atoms with Crippen LogP contribution in [-0.4, -0.2) is 43.7 Å². The van der Waals surface area contributed by atoms with Crippen molar-refractivity contribution < 1.29 is 19.3 Å². The average molecular weight is 345 g/mol. The molecule has 0 aromatic heterocycles. The summed E-state index contributed by atoms with van der Waals surface area (Å²) < 4.78 is 17.4. The number of benzene rings is 1. The second kappa shape index (κ2) is 7.98. The van der Waals surface area contributed by atoms with Gasteiger partial charge in [0.25, 0.3) is 0 Å². The molecule has 1 saturated heterocycles. The number of aliphatic hydroxyl groups is 1. The molecule has 112 valence electrons. The topological polar surface area (TPSA) is 47.9 Å². The highest BCUT2D eigenvalue weighted by Gasteiger charge is 2.16. The first-order valence-corrected chi connectivity index (χ1v) is 7.71. The molecule has 0 saturated carbocycles. The van der Waals surface area contributed by atoms with Crippen molar-refractivity contribution in [2.24, 2.45) is 0 Å². The fourth-order valence-corrected chi connectivity index (χ4v) is 2.65. The summed E-state index contributed by atoms with van der Waals surface area (Å²) >= 11 is 3.45. The highest BCUT2D eigenvalue weighted by atomic mass is 79.9. The minimum atomic E-state index is -0.619. The van der Waals surface area contributed by atoms with Crippen molar-refractivity contribution >= 4 is 15.9 Å². The van der Waals surface area contributed by atoms with Gasteiger partial charge in [0.15, 0.2) is 0 Å². The first kappa shape index (κ1) is 15.8. The summed E-state index contributed by atoms with van der Waals surface area (Å²) in [6, 6.07) is 5.86. The molecule has 1 heterocycles. The van der Waals surface area contributed by atoms with Crippen molar-refractivity contribution in [3.8, 4) is 5.75 Å². The number of hydrogen-bond donors (Lipinski definition) is 1. The monoisotopic (exact) mass is 344 g/mol. The van der Waals surface area contributed by atoms with Crippen LogP contribution in [0.25, 0.3) is 0 Å². The molecule has 0 radical (unpaired) electrons. The van der Waals surface area contributed by atoms with Crippen LogP contribution in [0, 0.1) is 6.92 Å². The van der Waals surface area contributed by atoms with Crippen LogP contribution in [-0.2, 0) is 9.47 Å². The van der Waals surface area contributed by atoms with Crippen LogP contribution in [0.1, 0.15) is 18.4 Å². The fraction of sp³-hybridized carbons (Fsp3) is 0.600. The van der Waals surface area contributed by atoms with Gasteiger partial charge in [-0.15, -0.1) is 0 Å². The van der Waals surface area contributed by atoms with Gasteiger partial charge < -0.3 is 19.3 Å². The van der Waals surface area contributed by atoms with Crippen LogP contribution in [0.15, 0.2) is 22.7 Å². The second-order valence-electron chi connectivity index (χ2n) is 5.04. The number of hydrogen-bond acceptors (Lipinski definition) is 4. The molecule has 1 fully saturated rings. The molecule has 0 bridgehead atoms. The molecular formula is C15H21BrO4. The maximum Gasteiger partial charge on any atom is 0.133 e. The van der Waals surface area contributed by atoms with E-state index in [1.165, 1.54) is 0 Å². The average Bonchev–Trinajstić information content (AvgIpc) is 2.45. The maximum absolute atomic E-state index is 9.89. The van der Waals surface area contributed by atoms with Crippen LogP contribution < -0.4 is 4.74 Å². The van der Waals surface area contributed by atoms with Crippen LogP contribution in [0.3, 0.4) is 0 Å². The Balaban J connectivity index is 1.70. The Labute approximate surface area is 128 Å². The Morgan fingerprint density at radius 3 is 2.80 bits per heavy atom. The first-order valence-electron chi connectivity index (χ1n) is 6.91. The lowest BCUT2D eigenvalue weighted by atomic mass is 10.1. The van der Waals surface area contributed by atoms with Crippen molar-refractivity contribution in [2.45, 2.75) is 32.0 Å². The third-order valence-electron chi connectivity index (χ3n) is 3.21. The van der Waals surface area contributed by atoms with Gasteiger partial charge in [0.1, 0.15) is 18.5 Å². The van der Waals surface area contributed by atoms with Gasteiger partial charge in [0.2, 0.25) is 0 Å². The van der Waals surface area contributed by atoms with Gasteiger partial charge in [-0.3, -0.25) is 0 Å². The predicted octanol–water partition coefficient (Wildman–Crippen LogP) is 2.69. The molecule has 1 aromatic carbocycles. The van der Waals surface area contributed by atoms with E-state index in [0.29, 0.717) is 6.61 Å². The second-order valence-corrected chi connectivity index (χ2v) is 5.90. The molecule has 5 heteroatoms. The molecule has 2 rings (SSSR count). The van der Waals surface area contributed by atoms with Crippen molar-refractivity contribution in [1.82, 2.24) is 0 Å². The molecule has 1 aliphatic rings. The number of rotatable bonds is 6. The van der Waals surface area contributed by atoms with E-state index in [4.69, 9.17) is 14.2 Å². The SMILES string of the molecule is Cc1ccc(OC[C@H](O)COC2CCOCC2)c(Br)c1. The van der Waals surface area contributed by atoms with Crippen LogP contribution >= 0.6 is 15.9 Å². The van der Waals surface area contributed by atoms with Gasteiger partial charge in [-0.1, -0.05) is 6.07 Å². The lowest BCUT2D eigenvalue weighted by Gasteiger charge is -2.23. The normalized spacial score (nSPS) is 17.9. The molecule has 4 nitrogen and oxygen atoms in total. The summed E-state index contributed by atoms with van der Waals surface area (Å²) in [4.78, 5) is 0. The largest absolute Gasteiger partial charge is 0.490 e. The van der Waals surface area contributed by atoms with Crippen molar-refractivity contribution in [1.29, 1.82) is 0 Å². The number of ether oxygens (including phenoxy) is 3.